The highest BCUT2D eigenvalue weighted by Gasteiger charge is 2.30. The summed E-state index contributed by atoms with van der Waals surface area (Å²) in [5.41, 5.74) is 5.11. The molecular weight excluding hydrogens is 186 g/mol. The lowest BCUT2D eigenvalue weighted by Crippen LogP contribution is -2.39. The molecule has 74 valence electrons. The number of amidine groups is 1. The molecule has 1 fully saturated rings. The van der Waals surface area contributed by atoms with E-state index in [2.05, 4.69) is 24.2 Å². The summed E-state index contributed by atoms with van der Waals surface area (Å²) < 4.78 is 0. The molecule has 0 aromatic rings. The van der Waals surface area contributed by atoms with Crippen molar-refractivity contribution in [2.45, 2.75) is 25.8 Å². The van der Waals surface area contributed by atoms with Crippen molar-refractivity contribution in [2.24, 2.45) is 10.7 Å². The van der Waals surface area contributed by atoms with Gasteiger partial charge in [-0.25, -0.2) is 0 Å². The number of rotatable bonds is 3. The van der Waals surface area contributed by atoms with Crippen LogP contribution in [0.3, 0.4) is 0 Å². The smallest absolute Gasteiger partial charge is 0.239 e. The standard InChI is InChI=1S/C8H15N3OS/c1-3-8(2)5-13-7(11-8)10-4-6(9)12/h3-5H2,1-2H3,(H2,9,12)(H,10,11). The topological polar surface area (TPSA) is 67.5 Å². The maximum absolute atomic E-state index is 10.5. The largest absolute Gasteiger partial charge is 0.368 e. The van der Waals surface area contributed by atoms with Gasteiger partial charge in [-0.15, -0.1) is 0 Å². The highest BCUT2D eigenvalue weighted by molar-refractivity contribution is 8.14. The van der Waals surface area contributed by atoms with Gasteiger partial charge in [0, 0.05) is 11.3 Å². The van der Waals surface area contributed by atoms with Crippen molar-refractivity contribution in [1.82, 2.24) is 5.32 Å². The van der Waals surface area contributed by atoms with Crippen molar-refractivity contribution in [1.29, 1.82) is 0 Å². The zero-order chi connectivity index (χ0) is 9.90. The van der Waals surface area contributed by atoms with Crippen LogP contribution in [0, 0.1) is 0 Å². The fraction of sp³-hybridized carbons (Fsp3) is 0.750. The average Bonchev–Trinajstić information content (AvgIpc) is 2.45. The Morgan fingerprint density at radius 1 is 1.85 bits per heavy atom. The summed E-state index contributed by atoms with van der Waals surface area (Å²) in [6.45, 7) is 4.35. The lowest BCUT2D eigenvalue weighted by atomic mass is 10.0. The van der Waals surface area contributed by atoms with E-state index < -0.39 is 0 Å². The zero-order valence-corrected chi connectivity index (χ0v) is 8.78. The summed E-state index contributed by atoms with van der Waals surface area (Å²) in [5.74, 6) is 0.612. The second-order valence-corrected chi connectivity index (χ2v) is 4.38. The van der Waals surface area contributed by atoms with E-state index in [1.807, 2.05) is 0 Å². The predicted octanol–water partition coefficient (Wildman–Crippen LogP) is 0.333. The number of nitrogens with zero attached hydrogens (tertiary/aromatic N) is 1. The molecule has 1 unspecified atom stereocenters. The van der Waals surface area contributed by atoms with Crippen LogP contribution in [-0.2, 0) is 4.79 Å². The second-order valence-electron chi connectivity index (χ2n) is 3.42. The van der Waals surface area contributed by atoms with Crippen LogP contribution in [-0.4, -0.2) is 28.9 Å². The van der Waals surface area contributed by atoms with E-state index in [-0.39, 0.29) is 18.0 Å². The molecule has 13 heavy (non-hydrogen) atoms. The number of hydrogen-bond acceptors (Lipinski definition) is 3. The van der Waals surface area contributed by atoms with Crippen LogP contribution in [0.2, 0.25) is 0 Å². The molecule has 0 aromatic carbocycles. The molecule has 1 aliphatic rings. The molecule has 1 aliphatic heterocycles. The highest BCUT2D eigenvalue weighted by atomic mass is 32.2. The fourth-order valence-corrected chi connectivity index (χ4v) is 2.19. The van der Waals surface area contributed by atoms with Crippen molar-refractivity contribution in [3.63, 3.8) is 0 Å². The Balaban J connectivity index is 2.49. The summed E-state index contributed by atoms with van der Waals surface area (Å²) in [7, 11) is 0. The summed E-state index contributed by atoms with van der Waals surface area (Å²) in [6.07, 6.45) is 1.05. The van der Waals surface area contributed by atoms with Crippen molar-refractivity contribution in [3.8, 4) is 0 Å². The number of primary amides is 1. The molecule has 4 nitrogen and oxygen atoms in total. The van der Waals surface area contributed by atoms with Gasteiger partial charge >= 0.3 is 0 Å². The van der Waals surface area contributed by atoms with Crippen LogP contribution < -0.4 is 11.1 Å². The van der Waals surface area contributed by atoms with E-state index in [1.54, 1.807) is 11.8 Å². The van der Waals surface area contributed by atoms with Gasteiger partial charge in [0.1, 0.15) is 6.54 Å². The van der Waals surface area contributed by atoms with Gasteiger partial charge < -0.3 is 11.1 Å². The third kappa shape index (κ3) is 2.91. The van der Waals surface area contributed by atoms with Crippen molar-refractivity contribution in [3.05, 3.63) is 0 Å². The van der Waals surface area contributed by atoms with Gasteiger partial charge in [-0.1, -0.05) is 18.7 Å². The molecule has 0 saturated carbocycles. The lowest BCUT2D eigenvalue weighted by Gasteiger charge is -2.20. The summed E-state index contributed by atoms with van der Waals surface area (Å²) in [5, 5.41) is 4.11. The highest BCUT2D eigenvalue weighted by Crippen LogP contribution is 2.25. The first kappa shape index (κ1) is 10.4. The molecule has 0 aliphatic carbocycles. The van der Waals surface area contributed by atoms with E-state index in [9.17, 15) is 4.79 Å². The molecule has 0 aromatic heterocycles. The third-order valence-electron chi connectivity index (χ3n) is 2.09. The number of aliphatic imine (C=N–C) groups is 1. The third-order valence-corrected chi connectivity index (χ3v) is 3.38. The molecule has 1 amide bonds. The molecule has 0 radical (unpaired) electrons. The van der Waals surface area contributed by atoms with Gasteiger partial charge in [0.25, 0.3) is 0 Å². The minimum atomic E-state index is -0.389. The quantitative estimate of drug-likeness (QED) is 0.691. The van der Waals surface area contributed by atoms with E-state index >= 15 is 0 Å². The summed E-state index contributed by atoms with van der Waals surface area (Å²) in [6, 6.07) is 0. The second kappa shape index (κ2) is 4.00. The van der Waals surface area contributed by atoms with Gasteiger partial charge in [0.15, 0.2) is 5.17 Å². The van der Waals surface area contributed by atoms with Crippen LogP contribution in [0.15, 0.2) is 4.99 Å². The van der Waals surface area contributed by atoms with Crippen molar-refractivity contribution in [2.75, 3.05) is 12.3 Å². The molecular formula is C8H15N3OS. The molecule has 1 heterocycles. The van der Waals surface area contributed by atoms with Gasteiger partial charge in [0.2, 0.25) is 5.91 Å². The molecule has 3 N–H and O–H groups in total. The first-order valence-electron chi connectivity index (χ1n) is 4.29. The molecule has 0 spiro atoms. The Labute approximate surface area is 82.4 Å². The normalized spacial score (nSPS) is 30.5. The SMILES string of the molecule is CCC1(C)CSC(=NCC(N)=O)N1. The first-order chi connectivity index (χ1) is 6.06. The van der Waals surface area contributed by atoms with Gasteiger partial charge in [-0.2, -0.15) is 0 Å². The molecule has 1 saturated heterocycles. The number of carbonyl (C=O) groups is 1. The summed E-state index contributed by atoms with van der Waals surface area (Å²) in [4.78, 5) is 14.5. The van der Waals surface area contributed by atoms with Crippen LogP contribution >= 0.6 is 11.8 Å². The molecule has 1 atom stereocenters. The Hall–Kier alpha value is -0.710. The zero-order valence-electron chi connectivity index (χ0n) is 7.96. The Morgan fingerprint density at radius 2 is 2.54 bits per heavy atom. The van der Waals surface area contributed by atoms with Crippen molar-refractivity contribution < 1.29 is 4.79 Å². The van der Waals surface area contributed by atoms with E-state index in [0.29, 0.717) is 0 Å². The lowest BCUT2D eigenvalue weighted by molar-refractivity contribution is -0.116. The Kier molecular flexibility index (Phi) is 3.19. The number of nitrogens with two attached hydrogens (primary N) is 1. The maximum Gasteiger partial charge on any atom is 0.239 e. The van der Waals surface area contributed by atoms with Gasteiger partial charge in [-0.05, 0) is 13.3 Å². The summed E-state index contributed by atoms with van der Waals surface area (Å²) >= 11 is 1.65. The fourth-order valence-electron chi connectivity index (χ4n) is 0.983. The monoisotopic (exact) mass is 201 g/mol. The predicted molar refractivity (Wildman–Crippen MR) is 55.8 cm³/mol. The average molecular weight is 201 g/mol. The van der Waals surface area contributed by atoms with Crippen LogP contribution in [0.25, 0.3) is 0 Å². The minimum Gasteiger partial charge on any atom is -0.368 e. The number of thioether (sulfide) groups is 1. The van der Waals surface area contributed by atoms with E-state index in [4.69, 9.17) is 5.73 Å². The minimum absolute atomic E-state index is 0.0785. The molecule has 1 rings (SSSR count). The number of hydrogen-bond donors (Lipinski definition) is 2. The molecule has 5 heteroatoms. The maximum atomic E-state index is 10.5. The Bertz CT molecular complexity index is 242. The van der Waals surface area contributed by atoms with Gasteiger partial charge in [-0.3, -0.25) is 9.79 Å². The Morgan fingerprint density at radius 3 is 3.00 bits per heavy atom. The number of amides is 1. The van der Waals surface area contributed by atoms with E-state index in [1.165, 1.54) is 0 Å². The van der Waals surface area contributed by atoms with E-state index in [0.717, 1.165) is 17.3 Å². The van der Waals surface area contributed by atoms with Crippen LogP contribution in [0.4, 0.5) is 0 Å². The van der Waals surface area contributed by atoms with Crippen molar-refractivity contribution >= 4 is 22.8 Å². The number of nitrogens with one attached hydrogen (secondary N) is 1. The molecule has 0 bridgehead atoms. The van der Waals surface area contributed by atoms with Crippen LogP contribution in [0.5, 0.6) is 0 Å². The first-order valence-corrected chi connectivity index (χ1v) is 5.28. The number of carbonyl (C=O) groups excluding carboxylic acids is 1. The van der Waals surface area contributed by atoms with Gasteiger partial charge in [0.05, 0.1) is 0 Å². The van der Waals surface area contributed by atoms with Crippen LogP contribution in [0.1, 0.15) is 20.3 Å².